The van der Waals surface area contributed by atoms with Gasteiger partial charge in [-0.1, -0.05) is 6.92 Å². The highest BCUT2D eigenvalue weighted by Crippen LogP contribution is 2.30. The quantitative estimate of drug-likeness (QED) is 0.901. The van der Waals surface area contributed by atoms with Crippen LogP contribution in [-0.4, -0.2) is 35.1 Å². The Hall–Kier alpha value is -0.450. The molecule has 1 aliphatic carbocycles. The molecule has 3 nitrogen and oxygen atoms in total. The Morgan fingerprint density at radius 3 is 3.05 bits per heavy atom. The topological polar surface area (TPSA) is 28.2 Å². The highest BCUT2D eigenvalue weighted by Gasteiger charge is 2.25. The summed E-state index contributed by atoms with van der Waals surface area (Å²) >= 11 is 1.96. The van der Waals surface area contributed by atoms with E-state index >= 15 is 0 Å². The van der Waals surface area contributed by atoms with Crippen molar-refractivity contribution in [2.45, 2.75) is 58.7 Å². The SMILES string of the molecule is CC1CCc2nc(CN3CC(C)NCC3C)sc2C1. The number of fused-ring (bicyclic) bond motifs is 1. The highest BCUT2D eigenvalue weighted by atomic mass is 32.1. The van der Waals surface area contributed by atoms with Gasteiger partial charge in [-0.05, 0) is 39.0 Å². The fraction of sp³-hybridized carbons (Fsp3) is 0.800. The standard InChI is InChI=1S/C15H25N3S/c1-10-4-5-13-14(6-10)19-15(17-13)9-18-8-11(2)16-7-12(18)3/h10-12,16H,4-9H2,1-3H3. The predicted molar refractivity (Wildman–Crippen MR) is 80.6 cm³/mol. The molecule has 0 saturated carbocycles. The summed E-state index contributed by atoms with van der Waals surface area (Å²) in [6.45, 7) is 10.2. The number of aryl methyl sites for hydroxylation is 1. The first-order chi connectivity index (χ1) is 9.11. The molecule has 1 N–H and O–H groups in total. The van der Waals surface area contributed by atoms with Crippen LogP contribution in [-0.2, 0) is 19.4 Å². The second kappa shape index (κ2) is 5.51. The number of piperazine rings is 1. The lowest BCUT2D eigenvalue weighted by Gasteiger charge is -2.36. The van der Waals surface area contributed by atoms with Crippen LogP contribution in [0.15, 0.2) is 0 Å². The van der Waals surface area contributed by atoms with Gasteiger partial charge in [-0.3, -0.25) is 4.90 Å². The van der Waals surface area contributed by atoms with Gasteiger partial charge in [0.1, 0.15) is 5.01 Å². The van der Waals surface area contributed by atoms with Gasteiger partial charge in [-0.25, -0.2) is 4.98 Å². The number of rotatable bonds is 2. The molecule has 0 amide bonds. The van der Waals surface area contributed by atoms with Crippen molar-refractivity contribution in [3.63, 3.8) is 0 Å². The highest BCUT2D eigenvalue weighted by molar-refractivity contribution is 7.11. The number of nitrogens with zero attached hydrogens (tertiary/aromatic N) is 2. The predicted octanol–water partition coefficient (Wildman–Crippen LogP) is 2.45. The van der Waals surface area contributed by atoms with Gasteiger partial charge >= 0.3 is 0 Å². The van der Waals surface area contributed by atoms with Crippen LogP contribution in [0.3, 0.4) is 0 Å². The molecule has 19 heavy (non-hydrogen) atoms. The zero-order chi connectivity index (χ0) is 13.4. The normalized spacial score (nSPS) is 32.3. The third-order valence-electron chi connectivity index (χ3n) is 4.46. The lowest BCUT2D eigenvalue weighted by atomic mass is 9.93. The van der Waals surface area contributed by atoms with Gasteiger partial charge in [-0.15, -0.1) is 11.3 Å². The molecule has 0 spiro atoms. The van der Waals surface area contributed by atoms with E-state index in [1.165, 1.54) is 30.0 Å². The Bertz CT molecular complexity index is 443. The van der Waals surface area contributed by atoms with Gasteiger partial charge in [0.05, 0.1) is 12.2 Å². The van der Waals surface area contributed by atoms with Crippen LogP contribution in [0.2, 0.25) is 0 Å². The minimum Gasteiger partial charge on any atom is -0.311 e. The number of thiazole rings is 1. The van der Waals surface area contributed by atoms with Crippen LogP contribution in [0.1, 0.15) is 42.8 Å². The molecule has 0 aromatic carbocycles. The zero-order valence-electron chi connectivity index (χ0n) is 12.3. The van der Waals surface area contributed by atoms with Crippen LogP contribution in [0.5, 0.6) is 0 Å². The molecule has 3 unspecified atom stereocenters. The molecule has 1 aromatic heterocycles. The molecule has 1 fully saturated rings. The van der Waals surface area contributed by atoms with Crippen molar-refractivity contribution in [1.29, 1.82) is 0 Å². The maximum absolute atomic E-state index is 4.90. The maximum atomic E-state index is 4.90. The van der Waals surface area contributed by atoms with Crippen molar-refractivity contribution in [1.82, 2.24) is 15.2 Å². The van der Waals surface area contributed by atoms with Crippen LogP contribution in [0.25, 0.3) is 0 Å². The largest absolute Gasteiger partial charge is 0.311 e. The Labute approximate surface area is 120 Å². The smallest absolute Gasteiger partial charge is 0.107 e. The van der Waals surface area contributed by atoms with Gasteiger partial charge < -0.3 is 5.32 Å². The van der Waals surface area contributed by atoms with Gasteiger partial charge in [0.2, 0.25) is 0 Å². The van der Waals surface area contributed by atoms with E-state index in [2.05, 4.69) is 31.0 Å². The average Bonchev–Trinajstić information content (AvgIpc) is 2.75. The molecule has 1 aromatic rings. The van der Waals surface area contributed by atoms with Crippen LogP contribution >= 0.6 is 11.3 Å². The Kier molecular flexibility index (Phi) is 3.92. The van der Waals surface area contributed by atoms with Gasteiger partial charge in [0, 0.05) is 30.1 Å². The van der Waals surface area contributed by atoms with E-state index in [9.17, 15) is 0 Å². The molecule has 0 bridgehead atoms. The number of hydrogen-bond acceptors (Lipinski definition) is 4. The fourth-order valence-corrected chi connectivity index (χ4v) is 4.46. The van der Waals surface area contributed by atoms with Crippen LogP contribution < -0.4 is 5.32 Å². The van der Waals surface area contributed by atoms with Gasteiger partial charge in [-0.2, -0.15) is 0 Å². The number of aromatic nitrogens is 1. The van der Waals surface area contributed by atoms with Crippen LogP contribution in [0.4, 0.5) is 0 Å². The first kappa shape index (κ1) is 13.5. The van der Waals surface area contributed by atoms with E-state index < -0.39 is 0 Å². The Morgan fingerprint density at radius 2 is 2.21 bits per heavy atom. The molecular formula is C15H25N3S. The van der Waals surface area contributed by atoms with Gasteiger partial charge in [0.25, 0.3) is 0 Å². The molecule has 1 aliphatic heterocycles. The van der Waals surface area contributed by atoms with Crippen molar-refractivity contribution in [2.24, 2.45) is 5.92 Å². The summed E-state index contributed by atoms with van der Waals surface area (Å²) in [5.74, 6) is 0.846. The molecule has 4 heteroatoms. The van der Waals surface area contributed by atoms with E-state index in [-0.39, 0.29) is 0 Å². The average molecular weight is 279 g/mol. The summed E-state index contributed by atoms with van der Waals surface area (Å²) in [7, 11) is 0. The van der Waals surface area contributed by atoms with E-state index in [1.807, 2.05) is 11.3 Å². The van der Waals surface area contributed by atoms with E-state index in [4.69, 9.17) is 4.98 Å². The van der Waals surface area contributed by atoms with E-state index in [0.29, 0.717) is 12.1 Å². The van der Waals surface area contributed by atoms with Crippen molar-refractivity contribution in [3.8, 4) is 0 Å². The maximum Gasteiger partial charge on any atom is 0.107 e. The van der Waals surface area contributed by atoms with Crippen LogP contribution in [0, 0.1) is 5.92 Å². The minimum atomic E-state index is 0.603. The Morgan fingerprint density at radius 1 is 1.37 bits per heavy atom. The summed E-state index contributed by atoms with van der Waals surface area (Å²) in [5, 5.41) is 4.88. The van der Waals surface area contributed by atoms with Crippen molar-refractivity contribution in [2.75, 3.05) is 13.1 Å². The number of nitrogens with one attached hydrogen (secondary N) is 1. The monoisotopic (exact) mass is 279 g/mol. The molecule has 3 rings (SSSR count). The molecule has 1 saturated heterocycles. The Balaban J connectivity index is 1.69. The van der Waals surface area contributed by atoms with Crippen molar-refractivity contribution >= 4 is 11.3 Å². The fourth-order valence-electron chi connectivity index (χ4n) is 3.15. The van der Waals surface area contributed by atoms with Crippen molar-refractivity contribution < 1.29 is 0 Å². The first-order valence-electron chi connectivity index (χ1n) is 7.56. The van der Waals surface area contributed by atoms with E-state index in [0.717, 1.165) is 25.6 Å². The lowest BCUT2D eigenvalue weighted by molar-refractivity contribution is 0.138. The number of hydrogen-bond donors (Lipinski definition) is 1. The van der Waals surface area contributed by atoms with E-state index in [1.54, 1.807) is 4.88 Å². The van der Waals surface area contributed by atoms with Gasteiger partial charge in [0.15, 0.2) is 0 Å². The summed E-state index contributed by atoms with van der Waals surface area (Å²) in [6.07, 6.45) is 3.76. The summed E-state index contributed by atoms with van der Waals surface area (Å²) in [4.78, 5) is 9.03. The summed E-state index contributed by atoms with van der Waals surface area (Å²) < 4.78 is 0. The minimum absolute atomic E-state index is 0.603. The summed E-state index contributed by atoms with van der Waals surface area (Å²) in [6, 6.07) is 1.22. The molecular weight excluding hydrogens is 254 g/mol. The summed E-state index contributed by atoms with van der Waals surface area (Å²) in [5.41, 5.74) is 1.40. The molecule has 0 radical (unpaired) electrons. The first-order valence-corrected chi connectivity index (χ1v) is 8.38. The second-order valence-corrected chi connectivity index (χ2v) is 7.58. The zero-order valence-corrected chi connectivity index (χ0v) is 13.1. The van der Waals surface area contributed by atoms with Crippen molar-refractivity contribution in [3.05, 3.63) is 15.6 Å². The second-order valence-electron chi connectivity index (χ2n) is 6.41. The molecule has 106 valence electrons. The molecule has 2 heterocycles. The third-order valence-corrected chi connectivity index (χ3v) is 5.57. The molecule has 2 aliphatic rings. The lowest BCUT2D eigenvalue weighted by Crippen LogP contribution is -2.53. The third kappa shape index (κ3) is 3.01. The molecule has 3 atom stereocenters.